The molecule has 9 heavy (non-hydrogen) atoms. The number of carbonyl (C=O) groups is 1. The third-order valence-corrected chi connectivity index (χ3v) is 1.57. The monoisotopic (exact) mass is 126 g/mol. The quantitative estimate of drug-likeness (QED) is 0.526. The van der Waals surface area contributed by atoms with Gasteiger partial charge in [0.2, 0.25) is 0 Å². The molecule has 0 saturated carbocycles. The van der Waals surface area contributed by atoms with Crippen molar-refractivity contribution < 1.29 is 9.53 Å². The molecule has 0 aromatic rings. The highest BCUT2D eigenvalue weighted by Crippen LogP contribution is 2.18. The first-order valence-corrected chi connectivity index (χ1v) is 3.00. The lowest BCUT2D eigenvalue weighted by atomic mass is 10.0. The van der Waals surface area contributed by atoms with E-state index >= 15 is 0 Å². The fourth-order valence-corrected chi connectivity index (χ4v) is 0.927. The summed E-state index contributed by atoms with van der Waals surface area (Å²) in [5, 5.41) is 0. The molecule has 1 rings (SSSR count). The van der Waals surface area contributed by atoms with Crippen LogP contribution in [0.2, 0.25) is 0 Å². The van der Waals surface area contributed by atoms with E-state index in [0.29, 0.717) is 6.61 Å². The van der Waals surface area contributed by atoms with Gasteiger partial charge in [-0.1, -0.05) is 0 Å². The molecule has 0 N–H and O–H groups in total. The van der Waals surface area contributed by atoms with Crippen LogP contribution in [0.4, 0.5) is 0 Å². The Bertz CT molecular complexity index is 158. The highest BCUT2D eigenvalue weighted by atomic mass is 16.5. The summed E-state index contributed by atoms with van der Waals surface area (Å²) in [6.07, 6.45) is 1.66. The van der Waals surface area contributed by atoms with Gasteiger partial charge in [-0.3, -0.25) is 4.79 Å². The Morgan fingerprint density at radius 2 is 2.56 bits per heavy atom. The number of ether oxygens (including phenoxy) is 1. The first-order valence-electron chi connectivity index (χ1n) is 3.00. The molecule has 0 radical (unpaired) electrons. The van der Waals surface area contributed by atoms with Crippen molar-refractivity contribution >= 4 is 5.78 Å². The lowest BCUT2D eigenvalue weighted by molar-refractivity contribution is -0.120. The maximum atomic E-state index is 10.7. The van der Waals surface area contributed by atoms with Crippen LogP contribution >= 0.6 is 0 Å². The fourth-order valence-electron chi connectivity index (χ4n) is 0.927. The van der Waals surface area contributed by atoms with Crippen LogP contribution in [0.3, 0.4) is 0 Å². The van der Waals surface area contributed by atoms with E-state index in [1.807, 2.05) is 6.92 Å². The summed E-state index contributed by atoms with van der Waals surface area (Å²) < 4.78 is 4.95. The van der Waals surface area contributed by atoms with Crippen molar-refractivity contribution in [3.63, 3.8) is 0 Å². The molecule has 1 heterocycles. The van der Waals surface area contributed by atoms with Crippen LogP contribution in [-0.2, 0) is 9.53 Å². The van der Waals surface area contributed by atoms with Gasteiger partial charge in [0.15, 0.2) is 0 Å². The molecule has 0 aromatic heterocycles. The zero-order chi connectivity index (χ0) is 6.85. The van der Waals surface area contributed by atoms with Gasteiger partial charge in [-0.2, -0.15) is 0 Å². The van der Waals surface area contributed by atoms with Gasteiger partial charge in [-0.25, -0.2) is 0 Å². The van der Waals surface area contributed by atoms with Crippen LogP contribution in [0, 0.1) is 5.92 Å². The van der Waals surface area contributed by atoms with E-state index in [1.54, 1.807) is 13.2 Å². The van der Waals surface area contributed by atoms with E-state index in [2.05, 4.69) is 0 Å². The number of carbonyl (C=O) groups excluding carboxylic acids is 1. The minimum Gasteiger partial charge on any atom is -0.500 e. The lowest BCUT2D eigenvalue weighted by Crippen LogP contribution is -2.12. The van der Waals surface area contributed by atoms with Crippen molar-refractivity contribution in [2.75, 3.05) is 6.61 Å². The van der Waals surface area contributed by atoms with Gasteiger partial charge in [0.25, 0.3) is 0 Å². The molecule has 1 unspecified atom stereocenters. The van der Waals surface area contributed by atoms with Gasteiger partial charge >= 0.3 is 0 Å². The minimum atomic E-state index is 0.0324. The van der Waals surface area contributed by atoms with Crippen molar-refractivity contribution in [1.82, 2.24) is 0 Å². The predicted molar refractivity (Wildman–Crippen MR) is 33.9 cm³/mol. The van der Waals surface area contributed by atoms with Crippen molar-refractivity contribution in [3.05, 3.63) is 11.8 Å². The number of rotatable bonds is 1. The highest BCUT2D eigenvalue weighted by Gasteiger charge is 2.20. The van der Waals surface area contributed by atoms with E-state index in [0.717, 1.165) is 5.57 Å². The molecule has 1 atom stereocenters. The average Bonchev–Trinajstić information content (AvgIpc) is 2.13. The van der Waals surface area contributed by atoms with Gasteiger partial charge in [-0.15, -0.1) is 0 Å². The molecule has 0 bridgehead atoms. The molecule has 0 fully saturated rings. The molecule has 1 aliphatic heterocycles. The number of hydrogen-bond acceptors (Lipinski definition) is 2. The summed E-state index contributed by atoms with van der Waals surface area (Å²) in [6.45, 7) is 4.05. The van der Waals surface area contributed by atoms with Gasteiger partial charge < -0.3 is 4.74 Å². The Labute approximate surface area is 54.5 Å². The standard InChI is InChI=1S/C7H10O2/c1-5-3-9-4-7(5)6(2)8/h3,7H,4H2,1-2H3. The van der Waals surface area contributed by atoms with E-state index in [1.165, 1.54) is 0 Å². The van der Waals surface area contributed by atoms with Crippen LogP contribution in [0.5, 0.6) is 0 Å². The van der Waals surface area contributed by atoms with Crippen molar-refractivity contribution in [2.24, 2.45) is 5.92 Å². The summed E-state index contributed by atoms with van der Waals surface area (Å²) in [7, 11) is 0. The summed E-state index contributed by atoms with van der Waals surface area (Å²) in [5.74, 6) is 0.228. The summed E-state index contributed by atoms with van der Waals surface area (Å²) >= 11 is 0. The first kappa shape index (κ1) is 6.33. The van der Waals surface area contributed by atoms with Crippen LogP contribution < -0.4 is 0 Å². The lowest BCUT2D eigenvalue weighted by Gasteiger charge is -2.01. The second kappa shape index (κ2) is 2.21. The first-order chi connectivity index (χ1) is 4.22. The van der Waals surface area contributed by atoms with Crippen LogP contribution in [-0.4, -0.2) is 12.4 Å². The van der Waals surface area contributed by atoms with Crippen molar-refractivity contribution in [2.45, 2.75) is 13.8 Å². The van der Waals surface area contributed by atoms with Gasteiger partial charge in [0.1, 0.15) is 12.4 Å². The van der Waals surface area contributed by atoms with Gasteiger partial charge in [0.05, 0.1) is 12.2 Å². The Hall–Kier alpha value is -0.790. The third kappa shape index (κ3) is 1.12. The number of ketones is 1. The SMILES string of the molecule is CC(=O)C1COC=C1C. The van der Waals surface area contributed by atoms with E-state index in [9.17, 15) is 4.79 Å². The molecular formula is C7H10O2. The molecule has 0 spiro atoms. The maximum absolute atomic E-state index is 10.7. The maximum Gasteiger partial charge on any atom is 0.140 e. The Morgan fingerprint density at radius 1 is 1.89 bits per heavy atom. The molecule has 50 valence electrons. The molecule has 0 amide bonds. The molecule has 0 aromatic carbocycles. The van der Waals surface area contributed by atoms with Gasteiger partial charge in [0, 0.05) is 0 Å². The highest BCUT2D eigenvalue weighted by molar-refractivity contribution is 5.81. The topological polar surface area (TPSA) is 26.3 Å². The molecule has 2 nitrogen and oxygen atoms in total. The van der Waals surface area contributed by atoms with Crippen LogP contribution in [0.15, 0.2) is 11.8 Å². The van der Waals surface area contributed by atoms with E-state index in [-0.39, 0.29) is 11.7 Å². The Balaban J connectivity index is 2.63. The van der Waals surface area contributed by atoms with Crippen LogP contribution in [0.1, 0.15) is 13.8 Å². The van der Waals surface area contributed by atoms with Crippen LogP contribution in [0.25, 0.3) is 0 Å². The summed E-state index contributed by atoms with van der Waals surface area (Å²) in [6, 6.07) is 0. The molecule has 2 heteroatoms. The summed E-state index contributed by atoms with van der Waals surface area (Å²) in [5.41, 5.74) is 1.04. The largest absolute Gasteiger partial charge is 0.500 e. The molecular weight excluding hydrogens is 116 g/mol. The molecule has 0 saturated heterocycles. The zero-order valence-corrected chi connectivity index (χ0v) is 5.68. The zero-order valence-electron chi connectivity index (χ0n) is 5.68. The Morgan fingerprint density at radius 3 is 2.78 bits per heavy atom. The smallest absolute Gasteiger partial charge is 0.140 e. The fraction of sp³-hybridized carbons (Fsp3) is 0.571. The van der Waals surface area contributed by atoms with Crippen molar-refractivity contribution in [3.8, 4) is 0 Å². The minimum absolute atomic E-state index is 0.0324. The molecule has 0 aliphatic carbocycles. The summed E-state index contributed by atoms with van der Waals surface area (Å²) in [4.78, 5) is 10.7. The van der Waals surface area contributed by atoms with E-state index < -0.39 is 0 Å². The third-order valence-electron chi connectivity index (χ3n) is 1.57. The second-order valence-corrected chi connectivity index (χ2v) is 2.36. The second-order valence-electron chi connectivity index (χ2n) is 2.36. The van der Waals surface area contributed by atoms with Gasteiger partial charge in [-0.05, 0) is 19.4 Å². The Kier molecular flexibility index (Phi) is 1.56. The predicted octanol–water partition coefficient (Wildman–Crippen LogP) is 1.13. The van der Waals surface area contributed by atoms with Crippen molar-refractivity contribution in [1.29, 1.82) is 0 Å². The normalized spacial score (nSPS) is 25.1. The average molecular weight is 126 g/mol. The van der Waals surface area contributed by atoms with E-state index in [4.69, 9.17) is 4.74 Å². The molecule has 1 aliphatic rings. The number of hydrogen-bond donors (Lipinski definition) is 0. The number of Topliss-reactive ketones (excluding diaryl/α,β-unsaturated/α-hetero) is 1.